The lowest BCUT2D eigenvalue weighted by atomic mass is 10.1. The molecule has 0 N–H and O–H groups in total. The van der Waals surface area contributed by atoms with Crippen LogP contribution < -0.4 is 4.18 Å². The number of aryl methyl sites for hydroxylation is 1. The molecule has 0 fully saturated rings. The minimum Gasteiger partial charge on any atom is -0.382 e. The first-order valence-corrected chi connectivity index (χ1v) is 5.35. The van der Waals surface area contributed by atoms with Crippen LogP contribution in [0.4, 0.5) is 4.39 Å². The van der Waals surface area contributed by atoms with Crippen LogP contribution in [0.3, 0.4) is 0 Å². The standard InChI is InChI=1S/C8H7FO3S/c9-7-1-2-8-6(5-7)3-4-13(10,11)12-8/h1-2,5H,3-4H2. The molecule has 0 radical (unpaired) electrons. The van der Waals surface area contributed by atoms with Crippen LogP contribution in [-0.2, 0) is 16.5 Å². The fourth-order valence-corrected chi connectivity index (χ4v) is 2.23. The molecule has 0 spiro atoms. The second-order valence-corrected chi connectivity index (χ2v) is 4.54. The molecule has 1 aromatic carbocycles. The van der Waals surface area contributed by atoms with Gasteiger partial charge in [0, 0.05) is 0 Å². The molecule has 1 aliphatic heterocycles. The van der Waals surface area contributed by atoms with E-state index in [0.717, 1.165) is 0 Å². The average Bonchev–Trinajstić information content (AvgIpc) is 2.05. The van der Waals surface area contributed by atoms with Crippen molar-refractivity contribution in [1.29, 1.82) is 0 Å². The van der Waals surface area contributed by atoms with Gasteiger partial charge in [0.1, 0.15) is 11.6 Å². The predicted octanol–water partition coefficient (Wildman–Crippen LogP) is 1.09. The molecular weight excluding hydrogens is 195 g/mol. The third kappa shape index (κ3) is 1.65. The second-order valence-electron chi connectivity index (χ2n) is 2.85. The normalized spacial score (nSPS) is 18.8. The van der Waals surface area contributed by atoms with Crippen molar-refractivity contribution in [3.05, 3.63) is 29.6 Å². The van der Waals surface area contributed by atoms with Crippen molar-refractivity contribution in [2.75, 3.05) is 5.75 Å². The highest BCUT2D eigenvalue weighted by molar-refractivity contribution is 7.87. The smallest absolute Gasteiger partial charge is 0.309 e. The number of rotatable bonds is 0. The largest absolute Gasteiger partial charge is 0.382 e. The van der Waals surface area contributed by atoms with E-state index in [1.54, 1.807) is 0 Å². The molecule has 0 aromatic heterocycles. The van der Waals surface area contributed by atoms with E-state index >= 15 is 0 Å². The summed E-state index contributed by atoms with van der Waals surface area (Å²) in [7, 11) is -3.43. The Hall–Kier alpha value is -1.10. The first kappa shape index (κ1) is 8.50. The fraction of sp³-hybridized carbons (Fsp3) is 0.250. The maximum atomic E-state index is 12.7. The second kappa shape index (κ2) is 2.70. The molecule has 0 amide bonds. The van der Waals surface area contributed by atoms with E-state index in [9.17, 15) is 12.8 Å². The van der Waals surface area contributed by atoms with Gasteiger partial charge in [-0.2, -0.15) is 8.42 Å². The Balaban J connectivity index is 2.48. The van der Waals surface area contributed by atoms with Crippen molar-refractivity contribution in [3.63, 3.8) is 0 Å². The van der Waals surface area contributed by atoms with Crippen LogP contribution in [0.25, 0.3) is 0 Å². The molecule has 0 aliphatic carbocycles. The lowest BCUT2D eigenvalue weighted by molar-refractivity contribution is 0.471. The van der Waals surface area contributed by atoms with E-state index in [1.807, 2.05) is 0 Å². The SMILES string of the molecule is O=S1(=O)CCc2cc(F)ccc2O1. The molecule has 0 saturated carbocycles. The average molecular weight is 202 g/mol. The van der Waals surface area contributed by atoms with Crippen LogP contribution in [0.1, 0.15) is 5.56 Å². The van der Waals surface area contributed by atoms with Crippen LogP contribution in [0.5, 0.6) is 5.75 Å². The zero-order chi connectivity index (χ0) is 9.47. The number of benzene rings is 1. The van der Waals surface area contributed by atoms with Gasteiger partial charge in [-0.1, -0.05) is 0 Å². The van der Waals surface area contributed by atoms with Gasteiger partial charge in [0.25, 0.3) is 0 Å². The summed E-state index contributed by atoms with van der Waals surface area (Å²) >= 11 is 0. The highest BCUT2D eigenvalue weighted by Gasteiger charge is 2.22. The zero-order valence-corrected chi connectivity index (χ0v) is 7.47. The quantitative estimate of drug-likeness (QED) is 0.591. The molecule has 2 rings (SSSR count). The Bertz CT molecular complexity index is 439. The van der Waals surface area contributed by atoms with Gasteiger partial charge in [-0.05, 0) is 30.2 Å². The molecule has 0 atom stereocenters. The molecule has 13 heavy (non-hydrogen) atoms. The lowest BCUT2D eigenvalue weighted by Gasteiger charge is -2.16. The first-order chi connectivity index (χ1) is 6.07. The van der Waals surface area contributed by atoms with E-state index in [1.165, 1.54) is 18.2 Å². The van der Waals surface area contributed by atoms with Crippen LogP contribution in [0.2, 0.25) is 0 Å². The molecule has 70 valence electrons. The van der Waals surface area contributed by atoms with Crippen LogP contribution in [0, 0.1) is 5.82 Å². The monoisotopic (exact) mass is 202 g/mol. The molecule has 0 unspecified atom stereocenters. The molecule has 1 aromatic rings. The zero-order valence-electron chi connectivity index (χ0n) is 6.66. The maximum absolute atomic E-state index is 12.7. The van der Waals surface area contributed by atoms with Gasteiger partial charge in [-0.15, -0.1) is 0 Å². The van der Waals surface area contributed by atoms with Gasteiger partial charge in [-0.3, -0.25) is 0 Å². The predicted molar refractivity (Wildman–Crippen MR) is 44.5 cm³/mol. The van der Waals surface area contributed by atoms with Crippen molar-refractivity contribution in [2.24, 2.45) is 0 Å². The maximum Gasteiger partial charge on any atom is 0.309 e. The Morgan fingerprint density at radius 3 is 2.92 bits per heavy atom. The highest BCUT2D eigenvalue weighted by atomic mass is 32.2. The summed E-state index contributed by atoms with van der Waals surface area (Å²) < 4.78 is 39.3. The van der Waals surface area contributed by atoms with Crippen LogP contribution in [0.15, 0.2) is 18.2 Å². The minimum atomic E-state index is -3.43. The fourth-order valence-electron chi connectivity index (χ4n) is 1.24. The van der Waals surface area contributed by atoms with Gasteiger partial charge in [0.05, 0.1) is 5.75 Å². The summed E-state index contributed by atoms with van der Waals surface area (Å²) in [6.07, 6.45) is 0.315. The van der Waals surface area contributed by atoms with E-state index in [2.05, 4.69) is 4.18 Å². The van der Waals surface area contributed by atoms with Crippen molar-refractivity contribution in [2.45, 2.75) is 6.42 Å². The lowest BCUT2D eigenvalue weighted by Crippen LogP contribution is -2.21. The van der Waals surface area contributed by atoms with Gasteiger partial charge in [0.15, 0.2) is 0 Å². The van der Waals surface area contributed by atoms with Crippen LogP contribution >= 0.6 is 0 Å². The number of halogens is 1. The van der Waals surface area contributed by atoms with E-state index in [-0.39, 0.29) is 17.3 Å². The topological polar surface area (TPSA) is 43.4 Å². The summed E-state index contributed by atoms with van der Waals surface area (Å²) in [6.45, 7) is 0. The Morgan fingerprint density at radius 2 is 2.15 bits per heavy atom. The number of hydrogen-bond donors (Lipinski definition) is 0. The molecule has 5 heteroatoms. The van der Waals surface area contributed by atoms with Crippen LogP contribution in [-0.4, -0.2) is 14.2 Å². The van der Waals surface area contributed by atoms with Crippen molar-refractivity contribution in [1.82, 2.24) is 0 Å². The molecule has 3 nitrogen and oxygen atoms in total. The Morgan fingerprint density at radius 1 is 1.38 bits per heavy atom. The number of fused-ring (bicyclic) bond motifs is 1. The summed E-state index contributed by atoms with van der Waals surface area (Å²) in [6, 6.07) is 3.81. The molecule has 0 bridgehead atoms. The molecule has 1 heterocycles. The van der Waals surface area contributed by atoms with Gasteiger partial charge >= 0.3 is 10.1 Å². The van der Waals surface area contributed by atoms with E-state index in [4.69, 9.17) is 0 Å². The summed E-state index contributed by atoms with van der Waals surface area (Å²) in [5.74, 6) is -0.210. The number of hydrogen-bond acceptors (Lipinski definition) is 3. The van der Waals surface area contributed by atoms with Gasteiger partial charge < -0.3 is 4.18 Å². The van der Waals surface area contributed by atoms with Gasteiger partial charge in [-0.25, -0.2) is 4.39 Å². The molecular formula is C8H7FO3S. The van der Waals surface area contributed by atoms with Crippen molar-refractivity contribution < 1.29 is 17.0 Å². The van der Waals surface area contributed by atoms with Crippen molar-refractivity contribution in [3.8, 4) is 5.75 Å². The highest BCUT2D eigenvalue weighted by Crippen LogP contribution is 2.26. The molecule has 0 saturated heterocycles. The summed E-state index contributed by atoms with van der Waals surface area (Å²) in [4.78, 5) is 0. The summed E-state index contributed by atoms with van der Waals surface area (Å²) in [5.41, 5.74) is 0.606. The molecule has 1 aliphatic rings. The first-order valence-electron chi connectivity index (χ1n) is 3.77. The third-order valence-corrected chi connectivity index (χ3v) is 3.00. The van der Waals surface area contributed by atoms with Gasteiger partial charge in [0.2, 0.25) is 0 Å². The Labute approximate surface area is 75.3 Å². The minimum absolute atomic E-state index is 0.0799. The Kier molecular flexibility index (Phi) is 1.76. The van der Waals surface area contributed by atoms with E-state index in [0.29, 0.717) is 12.0 Å². The summed E-state index contributed by atoms with van der Waals surface area (Å²) in [5, 5.41) is 0. The van der Waals surface area contributed by atoms with E-state index < -0.39 is 10.1 Å². The van der Waals surface area contributed by atoms with Crippen molar-refractivity contribution >= 4 is 10.1 Å². The third-order valence-electron chi connectivity index (χ3n) is 1.86.